The van der Waals surface area contributed by atoms with Crippen molar-refractivity contribution in [1.82, 2.24) is 24.4 Å². The highest BCUT2D eigenvalue weighted by molar-refractivity contribution is 5.83. The molecule has 11 heteroatoms. The van der Waals surface area contributed by atoms with E-state index < -0.39 is 24.5 Å². The van der Waals surface area contributed by atoms with E-state index in [0.29, 0.717) is 24.3 Å². The van der Waals surface area contributed by atoms with Crippen LogP contribution >= 0.6 is 0 Å². The number of hydrogen-bond donors (Lipinski definition) is 3. The van der Waals surface area contributed by atoms with Crippen molar-refractivity contribution in [2.75, 3.05) is 18.8 Å². The van der Waals surface area contributed by atoms with E-state index in [9.17, 15) is 15.0 Å². The van der Waals surface area contributed by atoms with Crippen molar-refractivity contribution < 1.29 is 24.5 Å². The molecule has 0 spiro atoms. The zero-order valence-electron chi connectivity index (χ0n) is 15.8. The zero-order valence-corrected chi connectivity index (χ0v) is 15.8. The zero-order chi connectivity index (χ0) is 20.1. The molecule has 156 valence electrons. The Bertz CT molecular complexity index is 925. The van der Waals surface area contributed by atoms with Crippen molar-refractivity contribution in [3.63, 3.8) is 0 Å². The van der Waals surface area contributed by atoms with Gasteiger partial charge in [0.2, 0.25) is 0 Å². The monoisotopic (exact) mass is 404 g/mol. The molecule has 11 nitrogen and oxygen atoms in total. The van der Waals surface area contributed by atoms with Gasteiger partial charge in [-0.1, -0.05) is 0 Å². The summed E-state index contributed by atoms with van der Waals surface area (Å²) in [5.41, 5.74) is 6.68. The van der Waals surface area contributed by atoms with Gasteiger partial charge in [0, 0.05) is 13.1 Å². The number of anilines is 1. The number of imidazole rings is 1. The first kappa shape index (κ1) is 18.5. The standard InChI is InChI=1S/C18H24N6O5/c19-14-10-15(22-18(21-14)28-9-4-1-2-5-9)24(8-20-10)17-12(26)11(25)13(29-17)16(27)23-6-3-7-23/h8-9,11-13,17,25-26H,1-7H2,(H2,19,21,22)/t11-,12+,13-,17+/m0/s1. The van der Waals surface area contributed by atoms with Crippen molar-refractivity contribution in [1.29, 1.82) is 0 Å². The normalized spacial score (nSPS) is 30.1. The van der Waals surface area contributed by atoms with Crippen molar-refractivity contribution in [2.45, 2.75) is 62.7 Å². The van der Waals surface area contributed by atoms with Crippen molar-refractivity contribution in [3.8, 4) is 6.01 Å². The second kappa shape index (κ2) is 7.08. The number of nitrogen functional groups attached to an aromatic ring is 1. The molecule has 29 heavy (non-hydrogen) atoms. The van der Waals surface area contributed by atoms with Crippen molar-refractivity contribution in [2.24, 2.45) is 0 Å². The maximum atomic E-state index is 12.5. The second-order valence-electron chi connectivity index (χ2n) is 7.85. The molecule has 1 amide bonds. The lowest BCUT2D eigenvalue weighted by Gasteiger charge is -2.33. The number of hydrogen-bond acceptors (Lipinski definition) is 9. The Hall–Kier alpha value is -2.50. The van der Waals surface area contributed by atoms with Crippen molar-refractivity contribution in [3.05, 3.63) is 6.33 Å². The molecule has 0 unspecified atom stereocenters. The number of aliphatic hydroxyl groups is 2. The van der Waals surface area contributed by atoms with Crippen LogP contribution in [0, 0.1) is 0 Å². The summed E-state index contributed by atoms with van der Waals surface area (Å²) < 4.78 is 13.1. The van der Waals surface area contributed by atoms with Crippen LogP contribution in [0.2, 0.25) is 0 Å². The fourth-order valence-electron chi connectivity index (χ4n) is 4.12. The van der Waals surface area contributed by atoms with E-state index in [-0.39, 0.29) is 23.8 Å². The lowest BCUT2D eigenvalue weighted by molar-refractivity contribution is -0.152. The van der Waals surface area contributed by atoms with E-state index in [1.807, 2.05) is 0 Å². The molecular formula is C18H24N6O5. The van der Waals surface area contributed by atoms with Gasteiger partial charge in [-0.15, -0.1) is 0 Å². The van der Waals surface area contributed by atoms with Gasteiger partial charge in [0.25, 0.3) is 5.91 Å². The molecule has 4 heterocycles. The predicted molar refractivity (Wildman–Crippen MR) is 99.7 cm³/mol. The van der Waals surface area contributed by atoms with Gasteiger partial charge in [-0.05, 0) is 32.1 Å². The minimum Gasteiger partial charge on any atom is -0.460 e. The summed E-state index contributed by atoms with van der Waals surface area (Å²) in [6.45, 7) is 1.26. The quantitative estimate of drug-likeness (QED) is 0.617. The summed E-state index contributed by atoms with van der Waals surface area (Å²) in [5.74, 6) is -0.169. The number of rotatable bonds is 4. The topological polar surface area (TPSA) is 149 Å². The van der Waals surface area contributed by atoms with E-state index in [4.69, 9.17) is 15.2 Å². The Morgan fingerprint density at radius 2 is 1.93 bits per heavy atom. The van der Waals surface area contributed by atoms with Gasteiger partial charge in [-0.25, -0.2) is 4.98 Å². The summed E-state index contributed by atoms with van der Waals surface area (Å²) >= 11 is 0. The van der Waals surface area contributed by atoms with Crippen LogP contribution in [0.25, 0.3) is 11.2 Å². The van der Waals surface area contributed by atoms with Crippen LogP contribution in [0.5, 0.6) is 6.01 Å². The lowest BCUT2D eigenvalue weighted by atomic mass is 10.1. The van der Waals surface area contributed by atoms with Crippen LogP contribution in [-0.2, 0) is 9.53 Å². The number of carbonyl (C=O) groups excluding carboxylic acids is 1. The van der Waals surface area contributed by atoms with E-state index in [0.717, 1.165) is 32.1 Å². The molecule has 2 aromatic rings. The van der Waals surface area contributed by atoms with Gasteiger partial charge in [0.05, 0.1) is 6.33 Å². The molecule has 1 saturated carbocycles. The van der Waals surface area contributed by atoms with Crippen LogP contribution in [-0.4, -0.2) is 78.0 Å². The van der Waals surface area contributed by atoms with Gasteiger partial charge in [0.1, 0.15) is 18.3 Å². The number of aliphatic hydroxyl groups excluding tert-OH is 2. The van der Waals surface area contributed by atoms with E-state index in [2.05, 4.69) is 15.0 Å². The highest BCUT2D eigenvalue weighted by Gasteiger charge is 2.49. The second-order valence-corrected chi connectivity index (χ2v) is 7.85. The van der Waals surface area contributed by atoms with E-state index in [1.54, 1.807) is 4.90 Å². The summed E-state index contributed by atoms with van der Waals surface area (Å²) in [6, 6.07) is 0.143. The maximum Gasteiger partial charge on any atom is 0.320 e. The smallest absolute Gasteiger partial charge is 0.320 e. The van der Waals surface area contributed by atoms with Crippen LogP contribution in [0.3, 0.4) is 0 Å². The summed E-state index contributed by atoms with van der Waals surface area (Å²) in [7, 11) is 0. The number of nitrogens with two attached hydrogens (primary N) is 1. The van der Waals surface area contributed by atoms with Crippen LogP contribution in [0.4, 0.5) is 5.82 Å². The van der Waals surface area contributed by atoms with Gasteiger partial charge in [0.15, 0.2) is 29.3 Å². The number of fused-ring (bicyclic) bond motifs is 1. The van der Waals surface area contributed by atoms with E-state index in [1.165, 1.54) is 10.9 Å². The third-order valence-electron chi connectivity index (χ3n) is 5.93. The molecule has 5 rings (SSSR count). The number of nitrogens with zero attached hydrogens (tertiary/aromatic N) is 5. The predicted octanol–water partition coefficient (Wildman–Crippen LogP) is -0.419. The van der Waals surface area contributed by atoms with Crippen LogP contribution in [0.15, 0.2) is 6.33 Å². The van der Waals surface area contributed by atoms with Gasteiger partial charge >= 0.3 is 6.01 Å². The fourth-order valence-corrected chi connectivity index (χ4v) is 4.12. The summed E-state index contributed by atoms with van der Waals surface area (Å²) in [4.78, 5) is 26.9. The number of ether oxygens (including phenoxy) is 2. The van der Waals surface area contributed by atoms with Crippen molar-refractivity contribution >= 4 is 22.9 Å². The third kappa shape index (κ3) is 3.09. The molecule has 0 bridgehead atoms. The number of aromatic nitrogens is 4. The Kier molecular flexibility index (Phi) is 4.52. The average molecular weight is 404 g/mol. The SMILES string of the molecule is Nc1nc(OC2CCCC2)nc2c1ncn2[C@@H]1O[C@H](C(=O)N2CCC2)[C@@H](O)[C@H]1O. The Morgan fingerprint density at radius 3 is 2.62 bits per heavy atom. The largest absolute Gasteiger partial charge is 0.460 e. The fraction of sp³-hybridized carbons (Fsp3) is 0.667. The maximum absolute atomic E-state index is 12.5. The highest BCUT2D eigenvalue weighted by Crippen LogP contribution is 2.34. The first-order valence-corrected chi connectivity index (χ1v) is 10.00. The molecule has 3 fully saturated rings. The van der Waals surface area contributed by atoms with Gasteiger partial charge in [-0.2, -0.15) is 9.97 Å². The minimum absolute atomic E-state index is 0.0527. The average Bonchev–Trinajstić information content (AvgIpc) is 3.35. The molecule has 4 atom stereocenters. The highest BCUT2D eigenvalue weighted by atomic mass is 16.6. The molecule has 0 radical (unpaired) electrons. The van der Waals surface area contributed by atoms with E-state index >= 15 is 0 Å². The molecule has 4 N–H and O–H groups in total. The minimum atomic E-state index is -1.35. The molecule has 0 aromatic carbocycles. The molecule has 2 saturated heterocycles. The molecule has 2 aliphatic heterocycles. The summed E-state index contributed by atoms with van der Waals surface area (Å²) in [6.07, 6.45) is 1.64. The lowest BCUT2D eigenvalue weighted by Crippen LogP contribution is -2.50. The number of likely N-dealkylation sites (tertiary alicyclic amines) is 1. The number of amides is 1. The van der Waals surface area contributed by atoms with Crippen LogP contribution in [0.1, 0.15) is 38.3 Å². The Balaban J connectivity index is 1.44. The molecule has 3 aliphatic rings. The van der Waals surface area contributed by atoms with Gasteiger partial charge in [-0.3, -0.25) is 9.36 Å². The third-order valence-corrected chi connectivity index (χ3v) is 5.93. The van der Waals surface area contributed by atoms with Crippen LogP contribution < -0.4 is 10.5 Å². The molecule has 1 aliphatic carbocycles. The number of carbonyl (C=O) groups is 1. The Morgan fingerprint density at radius 1 is 1.17 bits per heavy atom. The summed E-state index contributed by atoms with van der Waals surface area (Å²) in [5, 5.41) is 20.9. The molecular weight excluding hydrogens is 380 g/mol. The Labute approximate surface area is 166 Å². The first-order valence-electron chi connectivity index (χ1n) is 10.00. The first-order chi connectivity index (χ1) is 14.0. The molecule has 2 aromatic heterocycles. The van der Waals surface area contributed by atoms with Gasteiger partial charge < -0.3 is 30.3 Å².